The normalized spacial score (nSPS) is 16.9. The topological polar surface area (TPSA) is 69.7 Å². The van der Waals surface area contributed by atoms with Gasteiger partial charge in [0.1, 0.15) is 0 Å². The zero-order valence-corrected chi connectivity index (χ0v) is 18.3. The number of likely N-dealkylation sites (tertiary alicyclic amines) is 1. The Morgan fingerprint density at radius 3 is 2.26 bits per heavy atom. The van der Waals surface area contributed by atoms with Crippen LogP contribution in [0.5, 0.6) is 0 Å². The van der Waals surface area contributed by atoms with Gasteiger partial charge in [-0.25, -0.2) is 12.7 Å². The fraction of sp³-hybridized carbons (Fsp3) is 0.632. The molecule has 0 spiro atoms. The summed E-state index contributed by atoms with van der Waals surface area (Å²) in [6.07, 6.45) is 3.27. The van der Waals surface area contributed by atoms with Crippen molar-refractivity contribution in [1.82, 2.24) is 14.5 Å². The summed E-state index contributed by atoms with van der Waals surface area (Å²) in [6, 6.07) is 6.66. The molecule has 1 heterocycles. The van der Waals surface area contributed by atoms with Crippen LogP contribution in [0.3, 0.4) is 0 Å². The van der Waals surface area contributed by atoms with E-state index in [0.29, 0.717) is 5.92 Å². The smallest absolute Gasteiger partial charge is 0.242 e. The Hall–Kier alpha value is -1.15. The molecule has 1 unspecified atom stereocenters. The third-order valence-corrected chi connectivity index (χ3v) is 7.09. The number of hydrogen-bond donors (Lipinski definition) is 1. The third-order valence-electron chi connectivity index (χ3n) is 5.26. The Labute approximate surface area is 169 Å². The van der Waals surface area contributed by atoms with Crippen molar-refractivity contribution < 1.29 is 13.2 Å². The zero-order chi connectivity index (χ0) is 19.3. The standard InChI is InChI=1S/C19H31N3O3S.ClH/c1-15(17-5-7-18(8-6-17)26(24,25)21(3)4)19(23)22-13-10-16(11-14-22)9-12-20-2;/h5-8,15-16,20H,9-14H2,1-4H3;1H. The number of piperidine rings is 1. The van der Waals surface area contributed by atoms with Gasteiger partial charge < -0.3 is 10.2 Å². The van der Waals surface area contributed by atoms with Gasteiger partial charge in [-0.15, -0.1) is 12.4 Å². The molecule has 2 rings (SSSR count). The Morgan fingerprint density at radius 1 is 1.22 bits per heavy atom. The molecule has 0 aliphatic carbocycles. The van der Waals surface area contributed by atoms with Gasteiger partial charge in [-0.3, -0.25) is 4.79 Å². The molecule has 27 heavy (non-hydrogen) atoms. The quantitative estimate of drug-likeness (QED) is 0.739. The summed E-state index contributed by atoms with van der Waals surface area (Å²) >= 11 is 0. The molecule has 1 N–H and O–H groups in total. The van der Waals surface area contributed by atoms with Crippen LogP contribution in [0.25, 0.3) is 0 Å². The van der Waals surface area contributed by atoms with Crippen LogP contribution in [0, 0.1) is 5.92 Å². The highest BCUT2D eigenvalue weighted by Crippen LogP contribution is 2.25. The molecule has 1 aliphatic rings. The molecule has 1 atom stereocenters. The van der Waals surface area contributed by atoms with Gasteiger partial charge >= 0.3 is 0 Å². The number of hydrogen-bond acceptors (Lipinski definition) is 4. The van der Waals surface area contributed by atoms with E-state index < -0.39 is 10.0 Å². The van der Waals surface area contributed by atoms with Crippen molar-refractivity contribution in [3.63, 3.8) is 0 Å². The Bertz CT molecular complexity index is 699. The highest BCUT2D eigenvalue weighted by Gasteiger charge is 2.27. The number of nitrogens with zero attached hydrogens (tertiary/aromatic N) is 2. The summed E-state index contributed by atoms with van der Waals surface area (Å²) < 4.78 is 25.5. The maximum Gasteiger partial charge on any atom is 0.242 e. The number of halogens is 1. The lowest BCUT2D eigenvalue weighted by molar-refractivity contribution is -0.133. The van der Waals surface area contributed by atoms with E-state index in [1.54, 1.807) is 24.3 Å². The minimum atomic E-state index is -3.44. The average Bonchev–Trinajstić information content (AvgIpc) is 2.65. The van der Waals surface area contributed by atoms with E-state index in [1.807, 2.05) is 18.9 Å². The van der Waals surface area contributed by atoms with Crippen LogP contribution in [-0.4, -0.2) is 64.3 Å². The molecular formula is C19H32ClN3O3S. The Balaban J connectivity index is 0.00000364. The fourth-order valence-electron chi connectivity index (χ4n) is 3.35. The third kappa shape index (κ3) is 5.91. The van der Waals surface area contributed by atoms with Gasteiger partial charge in [0.05, 0.1) is 10.8 Å². The van der Waals surface area contributed by atoms with Gasteiger partial charge in [0.25, 0.3) is 0 Å². The molecule has 1 aliphatic heterocycles. The lowest BCUT2D eigenvalue weighted by atomic mass is 9.92. The number of amides is 1. The summed E-state index contributed by atoms with van der Waals surface area (Å²) in [4.78, 5) is 15.0. The second-order valence-electron chi connectivity index (χ2n) is 7.24. The number of nitrogens with one attached hydrogen (secondary N) is 1. The number of benzene rings is 1. The lowest BCUT2D eigenvalue weighted by Crippen LogP contribution is -2.41. The van der Waals surface area contributed by atoms with Gasteiger partial charge in [-0.2, -0.15) is 0 Å². The molecule has 1 aromatic carbocycles. The molecule has 0 saturated carbocycles. The van der Waals surface area contributed by atoms with Crippen molar-refractivity contribution >= 4 is 28.3 Å². The molecule has 0 aromatic heterocycles. The van der Waals surface area contributed by atoms with Crippen LogP contribution in [0.2, 0.25) is 0 Å². The number of carbonyl (C=O) groups excluding carboxylic acids is 1. The van der Waals surface area contributed by atoms with Crippen LogP contribution >= 0.6 is 12.4 Å². The molecule has 1 fully saturated rings. The van der Waals surface area contributed by atoms with E-state index in [2.05, 4.69) is 5.32 Å². The van der Waals surface area contributed by atoms with Crippen LogP contribution in [-0.2, 0) is 14.8 Å². The van der Waals surface area contributed by atoms with E-state index in [-0.39, 0.29) is 29.1 Å². The summed E-state index contributed by atoms with van der Waals surface area (Å²) in [7, 11) is 1.55. The first kappa shape index (κ1) is 23.9. The Morgan fingerprint density at radius 2 is 1.78 bits per heavy atom. The maximum absolute atomic E-state index is 12.8. The summed E-state index contributed by atoms with van der Waals surface area (Å²) in [5.74, 6) is 0.553. The predicted molar refractivity (Wildman–Crippen MR) is 111 cm³/mol. The molecule has 1 saturated heterocycles. The van der Waals surface area contributed by atoms with E-state index in [1.165, 1.54) is 18.4 Å². The van der Waals surface area contributed by atoms with Gasteiger partial charge in [-0.05, 0) is 63.4 Å². The molecule has 8 heteroatoms. The second-order valence-corrected chi connectivity index (χ2v) is 9.39. The van der Waals surface area contributed by atoms with E-state index in [0.717, 1.165) is 44.5 Å². The monoisotopic (exact) mass is 417 g/mol. The fourth-order valence-corrected chi connectivity index (χ4v) is 4.25. The minimum Gasteiger partial charge on any atom is -0.342 e. The van der Waals surface area contributed by atoms with Crippen molar-refractivity contribution in [3.05, 3.63) is 29.8 Å². The summed E-state index contributed by atoms with van der Waals surface area (Å²) in [6.45, 7) is 4.54. The van der Waals surface area contributed by atoms with Gasteiger partial charge in [-0.1, -0.05) is 12.1 Å². The van der Waals surface area contributed by atoms with Crippen molar-refractivity contribution in [2.24, 2.45) is 5.92 Å². The summed E-state index contributed by atoms with van der Waals surface area (Å²) in [5, 5.41) is 3.18. The van der Waals surface area contributed by atoms with E-state index in [4.69, 9.17) is 0 Å². The van der Waals surface area contributed by atoms with Crippen molar-refractivity contribution in [1.29, 1.82) is 0 Å². The molecular weight excluding hydrogens is 386 g/mol. The Kier molecular flexibility index (Phi) is 9.21. The van der Waals surface area contributed by atoms with Crippen LogP contribution in [0.1, 0.15) is 37.7 Å². The van der Waals surface area contributed by atoms with Crippen LogP contribution in [0.15, 0.2) is 29.2 Å². The van der Waals surface area contributed by atoms with Gasteiger partial charge in [0.15, 0.2) is 0 Å². The summed E-state index contributed by atoms with van der Waals surface area (Å²) in [5.41, 5.74) is 0.852. The largest absolute Gasteiger partial charge is 0.342 e. The molecule has 1 aromatic rings. The van der Waals surface area contributed by atoms with Gasteiger partial charge in [0, 0.05) is 27.2 Å². The van der Waals surface area contributed by atoms with Crippen molar-refractivity contribution in [2.75, 3.05) is 40.8 Å². The second kappa shape index (κ2) is 10.4. The lowest BCUT2D eigenvalue weighted by Gasteiger charge is -2.33. The van der Waals surface area contributed by atoms with Crippen molar-refractivity contribution in [3.8, 4) is 0 Å². The average molecular weight is 418 g/mol. The zero-order valence-electron chi connectivity index (χ0n) is 16.6. The first-order valence-electron chi connectivity index (χ1n) is 9.23. The maximum atomic E-state index is 12.8. The highest BCUT2D eigenvalue weighted by atomic mass is 35.5. The molecule has 1 amide bonds. The highest BCUT2D eigenvalue weighted by molar-refractivity contribution is 7.89. The van der Waals surface area contributed by atoms with Crippen LogP contribution in [0.4, 0.5) is 0 Å². The minimum absolute atomic E-state index is 0. The van der Waals surface area contributed by atoms with Crippen LogP contribution < -0.4 is 5.32 Å². The molecule has 6 nitrogen and oxygen atoms in total. The van der Waals surface area contributed by atoms with E-state index >= 15 is 0 Å². The van der Waals surface area contributed by atoms with Crippen molar-refractivity contribution in [2.45, 2.75) is 37.0 Å². The first-order chi connectivity index (χ1) is 12.3. The predicted octanol–water partition coefficient (Wildman–Crippen LogP) is 2.31. The number of rotatable bonds is 7. The molecule has 0 bridgehead atoms. The number of sulfonamides is 1. The molecule has 154 valence electrons. The molecule has 0 radical (unpaired) electrons. The number of carbonyl (C=O) groups is 1. The first-order valence-corrected chi connectivity index (χ1v) is 10.7. The van der Waals surface area contributed by atoms with Gasteiger partial charge in [0.2, 0.25) is 15.9 Å². The van der Waals surface area contributed by atoms with E-state index in [9.17, 15) is 13.2 Å². The SMILES string of the molecule is CNCCC1CCN(C(=O)C(C)c2ccc(S(=O)(=O)N(C)C)cc2)CC1.Cl.